The average Bonchev–Trinajstić information content (AvgIpc) is 3.04. The molecule has 0 radical (unpaired) electrons. The van der Waals surface area contributed by atoms with Crippen molar-refractivity contribution in [2.75, 3.05) is 26.5 Å². The van der Waals surface area contributed by atoms with Crippen molar-refractivity contribution in [3.63, 3.8) is 0 Å². The number of thioether (sulfide) groups is 1. The van der Waals surface area contributed by atoms with Gasteiger partial charge in [0, 0.05) is 29.0 Å². The monoisotopic (exact) mass is 408 g/mol. The second-order valence-electron chi connectivity index (χ2n) is 6.22. The van der Waals surface area contributed by atoms with E-state index in [0.29, 0.717) is 18.1 Å². The van der Waals surface area contributed by atoms with Crippen LogP contribution in [0.3, 0.4) is 0 Å². The van der Waals surface area contributed by atoms with Crippen LogP contribution in [0.4, 0.5) is 4.39 Å². The topological polar surface area (TPSA) is 41.6 Å². The predicted molar refractivity (Wildman–Crippen MR) is 112 cm³/mol. The maximum atomic E-state index is 13.1. The van der Waals surface area contributed by atoms with E-state index < -0.39 is 0 Å². The van der Waals surface area contributed by atoms with E-state index in [9.17, 15) is 9.18 Å². The van der Waals surface area contributed by atoms with Crippen LogP contribution in [0.15, 0.2) is 48.0 Å². The second kappa shape index (κ2) is 11.8. The van der Waals surface area contributed by atoms with Crippen LogP contribution in [0.2, 0.25) is 0 Å². The number of halogens is 1. The summed E-state index contributed by atoms with van der Waals surface area (Å²) in [5.41, 5.74) is 0.877. The summed E-state index contributed by atoms with van der Waals surface area (Å²) in [5.74, 6) is 1.52. The molecule has 1 amide bonds. The van der Waals surface area contributed by atoms with E-state index in [1.54, 1.807) is 23.6 Å². The molecule has 0 aliphatic rings. The summed E-state index contributed by atoms with van der Waals surface area (Å²) in [5, 5.41) is 4.75. The number of ether oxygens (including phenoxy) is 1. The first-order valence-electron chi connectivity index (χ1n) is 8.64. The van der Waals surface area contributed by atoms with Crippen molar-refractivity contribution in [1.29, 1.82) is 0 Å². The Hall–Kier alpha value is -1.83. The molecule has 0 saturated carbocycles. The highest BCUT2D eigenvalue weighted by atomic mass is 32.2. The maximum Gasteiger partial charge on any atom is 0.233 e. The Labute approximate surface area is 168 Å². The molecule has 0 aliphatic heterocycles. The van der Waals surface area contributed by atoms with Gasteiger partial charge >= 0.3 is 0 Å². The van der Waals surface area contributed by atoms with Gasteiger partial charge in [-0.05, 0) is 44.1 Å². The number of rotatable bonds is 11. The summed E-state index contributed by atoms with van der Waals surface area (Å²) >= 11 is 3.15. The number of carbonyl (C=O) groups excluding carboxylic acids is 1. The zero-order chi connectivity index (χ0) is 19.5. The quantitative estimate of drug-likeness (QED) is 0.564. The number of nitrogens with one attached hydrogen (secondary N) is 1. The van der Waals surface area contributed by atoms with E-state index in [1.165, 1.54) is 28.8 Å². The molecule has 2 aromatic rings. The summed E-state index contributed by atoms with van der Waals surface area (Å²) in [7, 11) is 4.08. The van der Waals surface area contributed by atoms with Gasteiger partial charge in [-0.3, -0.25) is 4.79 Å². The third-order valence-electron chi connectivity index (χ3n) is 3.41. The smallest absolute Gasteiger partial charge is 0.233 e. The van der Waals surface area contributed by atoms with Gasteiger partial charge in [0.25, 0.3) is 0 Å². The van der Waals surface area contributed by atoms with Crippen LogP contribution in [0.1, 0.15) is 16.9 Å². The van der Waals surface area contributed by atoms with Crippen LogP contribution < -0.4 is 10.1 Å². The molecule has 7 heteroatoms. The van der Waals surface area contributed by atoms with Crippen molar-refractivity contribution in [1.82, 2.24) is 10.2 Å². The molecule has 1 N–H and O–H groups in total. The highest BCUT2D eigenvalue weighted by Gasteiger charge is 2.02. The summed E-state index contributed by atoms with van der Waals surface area (Å²) in [6.45, 7) is 1.48. The Morgan fingerprint density at radius 3 is 3.00 bits per heavy atom. The minimum atomic E-state index is -0.251. The molecule has 146 valence electrons. The molecule has 27 heavy (non-hydrogen) atoms. The van der Waals surface area contributed by atoms with Gasteiger partial charge < -0.3 is 15.0 Å². The van der Waals surface area contributed by atoms with Gasteiger partial charge in [0.15, 0.2) is 0 Å². The maximum absolute atomic E-state index is 13.1. The van der Waals surface area contributed by atoms with E-state index in [-0.39, 0.29) is 11.7 Å². The minimum Gasteiger partial charge on any atom is -0.492 e. The molecule has 0 spiro atoms. The molecule has 0 atom stereocenters. The fraction of sp³-hybridized carbons (Fsp3) is 0.350. The number of benzene rings is 1. The summed E-state index contributed by atoms with van der Waals surface area (Å²) < 4.78 is 18.8. The Kier molecular flexibility index (Phi) is 9.38. The standard InChI is InChI=1S/C20H25FN2O2S2/c1-23(2)12-19-11-18(14-27-19)25-9-4-3-8-22-20(24)15-26-13-16-6-5-7-17(21)10-16/h3,5-8,10-11,14H,4,9,12-13,15H2,1-2H3,(H,22,24)/b8-3-. The number of carbonyl (C=O) groups is 1. The zero-order valence-corrected chi connectivity index (χ0v) is 17.2. The van der Waals surface area contributed by atoms with E-state index >= 15 is 0 Å². The van der Waals surface area contributed by atoms with E-state index in [4.69, 9.17) is 4.74 Å². The number of nitrogens with zero attached hydrogens (tertiary/aromatic N) is 1. The Balaban J connectivity index is 1.55. The van der Waals surface area contributed by atoms with Crippen molar-refractivity contribution in [2.45, 2.75) is 18.7 Å². The molecule has 4 nitrogen and oxygen atoms in total. The molecule has 1 aromatic heterocycles. The molecule has 0 fully saturated rings. The van der Waals surface area contributed by atoms with Crippen molar-refractivity contribution in [3.05, 3.63) is 64.2 Å². The summed E-state index contributed by atoms with van der Waals surface area (Å²) in [4.78, 5) is 15.1. The van der Waals surface area contributed by atoms with Gasteiger partial charge in [-0.1, -0.05) is 18.2 Å². The van der Waals surface area contributed by atoms with Crippen LogP contribution in [0.5, 0.6) is 5.75 Å². The SMILES string of the molecule is CN(C)Cc1cc(OCC/C=C\NC(=O)CSCc2cccc(F)c2)cs1. The average molecular weight is 409 g/mol. The molecule has 1 aromatic carbocycles. The van der Waals surface area contributed by atoms with Crippen molar-refractivity contribution in [3.8, 4) is 5.75 Å². The van der Waals surface area contributed by atoms with Gasteiger partial charge in [-0.15, -0.1) is 23.1 Å². The molecule has 0 aliphatic carbocycles. The first kappa shape index (κ1) is 21.5. The van der Waals surface area contributed by atoms with Gasteiger partial charge in [0.05, 0.1) is 12.4 Å². The third-order valence-corrected chi connectivity index (χ3v) is 5.31. The summed E-state index contributed by atoms with van der Waals surface area (Å²) in [6.07, 6.45) is 4.25. The van der Waals surface area contributed by atoms with Crippen LogP contribution in [0.25, 0.3) is 0 Å². The van der Waals surface area contributed by atoms with Gasteiger partial charge in [-0.25, -0.2) is 4.39 Å². The lowest BCUT2D eigenvalue weighted by Gasteiger charge is -2.06. The molecule has 2 rings (SSSR count). The van der Waals surface area contributed by atoms with Crippen molar-refractivity contribution < 1.29 is 13.9 Å². The fourth-order valence-electron chi connectivity index (χ4n) is 2.24. The lowest BCUT2D eigenvalue weighted by atomic mass is 10.2. The van der Waals surface area contributed by atoms with Gasteiger partial charge in [0.1, 0.15) is 11.6 Å². The fourth-order valence-corrected chi connectivity index (χ4v) is 3.95. The molecule has 0 bridgehead atoms. The first-order chi connectivity index (χ1) is 13.0. The lowest BCUT2D eigenvalue weighted by molar-refractivity contribution is -0.117. The summed E-state index contributed by atoms with van der Waals surface area (Å²) in [6, 6.07) is 8.49. The van der Waals surface area contributed by atoms with Crippen molar-refractivity contribution in [2.24, 2.45) is 0 Å². The Bertz CT molecular complexity index is 747. The van der Waals surface area contributed by atoms with E-state index in [2.05, 4.69) is 16.3 Å². The van der Waals surface area contributed by atoms with Crippen LogP contribution >= 0.6 is 23.1 Å². The van der Waals surface area contributed by atoms with E-state index in [0.717, 1.165) is 24.3 Å². The Morgan fingerprint density at radius 2 is 2.22 bits per heavy atom. The van der Waals surface area contributed by atoms with Gasteiger partial charge in [0.2, 0.25) is 5.91 Å². The predicted octanol–water partition coefficient (Wildman–Crippen LogP) is 4.28. The number of amides is 1. The Morgan fingerprint density at radius 1 is 1.37 bits per heavy atom. The third kappa shape index (κ3) is 9.08. The molecule has 0 saturated heterocycles. The molecule has 0 unspecified atom stereocenters. The first-order valence-corrected chi connectivity index (χ1v) is 10.7. The van der Waals surface area contributed by atoms with Crippen LogP contribution in [-0.4, -0.2) is 37.3 Å². The minimum absolute atomic E-state index is 0.0697. The highest BCUT2D eigenvalue weighted by molar-refractivity contribution is 7.99. The van der Waals surface area contributed by atoms with Crippen LogP contribution in [0, 0.1) is 5.82 Å². The normalized spacial score (nSPS) is 11.3. The van der Waals surface area contributed by atoms with E-state index in [1.807, 2.05) is 31.6 Å². The lowest BCUT2D eigenvalue weighted by Crippen LogP contribution is -2.19. The zero-order valence-electron chi connectivity index (χ0n) is 15.6. The van der Waals surface area contributed by atoms with Crippen molar-refractivity contribution >= 4 is 29.0 Å². The molecule has 1 heterocycles. The largest absolute Gasteiger partial charge is 0.492 e. The number of thiophene rings is 1. The number of hydrogen-bond acceptors (Lipinski definition) is 5. The van der Waals surface area contributed by atoms with Gasteiger partial charge in [-0.2, -0.15) is 0 Å². The highest BCUT2D eigenvalue weighted by Crippen LogP contribution is 2.22. The molecular formula is C20H25FN2O2S2. The van der Waals surface area contributed by atoms with Crippen LogP contribution in [-0.2, 0) is 17.1 Å². The molecular weight excluding hydrogens is 383 g/mol. The second-order valence-corrected chi connectivity index (χ2v) is 8.20. The number of hydrogen-bond donors (Lipinski definition) is 1.